The van der Waals surface area contributed by atoms with Gasteiger partial charge in [0, 0.05) is 18.0 Å². The molecule has 1 unspecified atom stereocenters. The van der Waals surface area contributed by atoms with E-state index in [1.807, 2.05) is 20.0 Å². The molecule has 0 aliphatic rings. The fourth-order valence-electron chi connectivity index (χ4n) is 2.09. The summed E-state index contributed by atoms with van der Waals surface area (Å²) in [7, 11) is 0.215. The largest absolute Gasteiger partial charge is 0.319 e. The molecular formula is C14H26N2O2S2. The molecule has 0 saturated carbocycles. The second-order valence-corrected chi connectivity index (χ2v) is 8.97. The fourth-order valence-corrected chi connectivity index (χ4v) is 5.00. The summed E-state index contributed by atoms with van der Waals surface area (Å²) in [6.07, 6.45) is 1.73. The molecular weight excluding hydrogens is 292 g/mol. The Morgan fingerprint density at radius 3 is 2.50 bits per heavy atom. The van der Waals surface area contributed by atoms with Crippen LogP contribution in [0, 0.1) is 5.92 Å². The SMILES string of the molecule is CNCCc1ccc(S(=O)(=O)N(C)C(C)CC(C)C)s1. The van der Waals surface area contributed by atoms with E-state index in [-0.39, 0.29) is 6.04 Å². The molecule has 116 valence electrons. The maximum absolute atomic E-state index is 12.6. The van der Waals surface area contributed by atoms with Gasteiger partial charge in [0.2, 0.25) is 0 Å². The maximum atomic E-state index is 12.6. The Labute approximate surface area is 127 Å². The molecule has 0 spiro atoms. The highest BCUT2D eigenvalue weighted by molar-refractivity contribution is 7.91. The highest BCUT2D eigenvalue weighted by Gasteiger charge is 2.27. The fraction of sp³-hybridized carbons (Fsp3) is 0.714. The van der Waals surface area contributed by atoms with Crippen LogP contribution in [0.1, 0.15) is 32.1 Å². The van der Waals surface area contributed by atoms with Gasteiger partial charge in [-0.15, -0.1) is 11.3 Å². The van der Waals surface area contributed by atoms with Crippen LogP contribution >= 0.6 is 11.3 Å². The van der Waals surface area contributed by atoms with Crippen LogP contribution in [0.15, 0.2) is 16.3 Å². The van der Waals surface area contributed by atoms with Gasteiger partial charge in [-0.3, -0.25) is 0 Å². The van der Waals surface area contributed by atoms with E-state index in [4.69, 9.17) is 0 Å². The Bertz CT molecular complexity index is 509. The summed E-state index contributed by atoms with van der Waals surface area (Å²) in [5.41, 5.74) is 0. The van der Waals surface area contributed by atoms with Gasteiger partial charge in [0.1, 0.15) is 4.21 Å². The molecule has 20 heavy (non-hydrogen) atoms. The lowest BCUT2D eigenvalue weighted by Gasteiger charge is -2.24. The van der Waals surface area contributed by atoms with Crippen molar-refractivity contribution in [2.24, 2.45) is 5.92 Å². The van der Waals surface area contributed by atoms with Gasteiger partial charge in [0.05, 0.1) is 0 Å². The van der Waals surface area contributed by atoms with E-state index in [0.29, 0.717) is 10.1 Å². The predicted octanol–water partition coefficient (Wildman–Crippen LogP) is 2.57. The van der Waals surface area contributed by atoms with E-state index in [9.17, 15) is 8.42 Å². The van der Waals surface area contributed by atoms with Crippen molar-refractivity contribution in [1.82, 2.24) is 9.62 Å². The molecule has 0 aromatic carbocycles. The van der Waals surface area contributed by atoms with Crippen molar-refractivity contribution in [3.8, 4) is 0 Å². The molecule has 0 amide bonds. The molecule has 0 aliphatic carbocycles. The van der Waals surface area contributed by atoms with E-state index in [1.54, 1.807) is 13.1 Å². The number of hydrogen-bond acceptors (Lipinski definition) is 4. The minimum atomic E-state index is -3.36. The van der Waals surface area contributed by atoms with Crippen LogP contribution in [0.5, 0.6) is 0 Å². The zero-order chi connectivity index (χ0) is 15.3. The van der Waals surface area contributed by atoms with Gasteiger partial charge in [0.15, 0.2) is 0 Å². The van der Waals surface area contributed by atoms with Crippen LogP contribution < -0.4 is 5.32 Å². The molecule has 1 atom stereocenters. The van der Waals surface area contributed by atoms with Crippen LogP contribution in [-0.4, -0.2) is 39.4 Å². The summed E-state index contributed by atoms with van der Waals surface area (Å²) in [5, 5.41) is 3.07. The van der Waals surface area contributed by atoms with Crippen LogP contribution in [0.4, 0.5) is 0 Å². The second kappa shape index (κ2) is 7.54. The minimum Gasteiger partial charge on any atom is -0.319 e. The first-order valence-corrected chi connectivity index (χ1v) is 9.26. The molecule has 1 rings (SSSR count). The Balaban J connectivity index is 2.84. The first-order valence-electron chi connectivity index (χ1n) is 7.00. The Morgan fingerprint density at radius 1 is 1.30 bits per heavy atom. The highest BCUT2D eigenvalue weighted by Crippen LogP contribution is 2.26. The summed E-state index contributed by atoms with van der Waals surface area (Å²) in [4.78, 5) is 1.10. The maximum Gasteiger partial charge on any atom is 0.252 e. The highest BCUT2D eigenvalue weighted by atomic mass is 32.2. The molecule has 6 heteroatoms. The van der Waals surface area contributed by atoms with Crippen molar-refractivity contribution in [1.29, 1.82) is 0 Å². The number of likely N-dealkylation sites (N-methyl/N-ethyl adjacent to an activating group) is 1. The monoisotopic (exact) mass is 318 g/mol. The van der Waals surface area contributed by atoms with Gasteiger partial charge in [-0.1, -0.05) is 13.8 Å². The van der Waals surface area contributed by atoms with Gasteiger partial charge < -0.3 is 5.32 Å². The third-order valence-electron chi connectivity index (χ3n) is 3.32. The van der Waals surface area contributed by atoms with Gasteiger partial charge in [-0.25, -0.2) is 8.42 Å². The summed E-state index contributed by atoms with van der Waals surface area (Å²) >= 11 is 1.37. The summed E-state index contributed by atoms with van der Waals surface area (Å²) in [5.74, 6) is 0.483. The van der Waals surface area contributed by atoms with Crippen molar-refractivity contribution in [2.75, 3.05) is 20.6 Å². The normalized spacial score (nSPS) is 14.2. The molecule has 0 saturated heterocycles. The number of hydrogen-bond donors (Lipinski definition) is 1. The van der Waals surface area contributed by atoms with Crippen LogP contribution in [-0.2, 0) is 16.4 Å². The zero-order valence-corrected chi connectivity index (χ0v) is 14.6. The van der Waals surface area contributed by atoms with Crippen molar-refractivity contribution in [2.45, 2.75) is 43.9 Å². The van der Waals surface area contributed by atoms with Crippen molar-refractivity contribution in [3.05, 3.63) is 17.0 Å². The van der Waals surface area contributed by atoms with Crippen molar-refractivity contribution < 1.29 is 8.42 Å². The van der Waals surface area contributed by atoms with E-state index < -0.39 is 10.0 Å². The third-order valence-corrected chi connectivity index (χ3v) is 6.91. The molecule has 1 aromatic rings. The lowest BCUT2D eigenvalue weighted by Crippen LogP contribution is -2.35. The van der Waals surface area contributed by atoms with Crippen LogP contribution in [0.3, 0.4) is 0 Å². The Morgan fingerprint density at radius 2 is 1.95 bits per heavy atom. The molecule has 1 N–H and O–H groups in total. The molecule has 1 heterocycles. The Kier molecular flexibility index (Phi) is 6.64. The smallest absolute Gasteiger partial charge is 0.252 e. The van der Waals surface area contributed by atoms with E-state index in [2.05, 4.69) is 19.2 Å². The van der Waals surface area contributed by atoms with Gasteiger partial charge in [0.25, 0.3) is 10.0 Å². The second-order valence-electron chi connectivity index (χ2n) is 5.57. The lowest BCUT2D eigenvalue weighted by molar-refractivity contribution is 0.338. The first-order chi connectivity index (χ1) is 9.28. The van der Waals surface area contributed by atoms with Crippen molar-refractivity contribution in [3.63, 3.8) is 0 Å². The summed E-state index contributed by atoms with van der Waals surface area (Å²) < 4.78 is 27.1. The summed E-state index contributed by atoms with van der Waals surface area (Å²) in [6.45, 7) is 7.04. The molecule has 0 fully saturated rings. The van der Waals surface area contributed by atoms with E-state index in [1.165, 1.54) is 15.6 Å². The van der Waals surface area contributed by atoms with Crippen LogP contribution in [0.2, 0.25) is 0 Å². The van der Waals surface area contributed by atoms with Crippen LogP contribution in [0.25, 0.3) is 0 Å². The summed E-state index contributed by atoms with van der Waals surface area (Å²) in [6, 6.07) is 3.65. The Hall–Kier alpha value is -0.430. The molecule has 1 aromatic heterocycles. The first kappa shape index (κ1) is 17.6. The minimum absolute atomic E-state index is 0.0165. The predicted molar refractivity (Wildman–Crippen MR) is 85.8 cm³/mol. The zero-order valence-electron chi connectivity index (χ0n) is 13.0. The number of sulfonamides is 1. The van der Waals surface area contributed by atoms with Gasteiger partial charge in [-0.05, 0) is 51.4 Å². The van der Waals surface area contributed by atoms with Crippen molar-refractivity contribution >= 4 is 21.4 Å². The number of nitrogens with zero attached hydrogens (tertiary/aromatic N) is 1. The standard InChI is InChI=1S/C14H26N2O2S2/c1-11(2)10-12(3)16(5)20(17,18)14-7-6-13(19-14)8-9-15-4/h6-7,11-12,15H,8-10H2,1-5H3. The number of rotatable bonds is 8. The molecule has 0 aliphatic heterocycles. The van der Waals surface area contributed by atoms with Gasteiger partial charge >= 0.3 is 0 Å². The van der Waals surface area contributed by atoms with E-state index in [0.717, 1.165) is 24.3 Å². The number of nitrogens with one attached hydrogen (secondary N) is 1. The average molecular weight is 319 g/mol. The topological polar surface area (TPSA) is 49.4 Å². The number of thiophene rings is 1. The van der Waals surface area contributed by atoms with E-state index >= 15 is 0 Å². The average Bonchev–Trinajstić information content (AvgIpc) is 2.83. The lowest BCUT2D eigenvalue weighted by atomic mass is 10.1. The molecule has 0 bridgehead atoms. The van der Waals surface area contributed by atoms with Gasteiger partial charge in [-0.2, -0.15) is 4.31 Å². The molecule has 4 nitrogen and oxygen atoms in total. The third kappa shape index (κ3) is 4.55. The quantitative estimate of drug-likeness (QED) is 0.801. The molecule has 0 radical (unpaired) electrons.